The van der Waals surface area contributed by atoms with E-state index in [-0.39, 0.29) is 42.1 Å². The molecule has 0 atom stereocenters. The summed E-state index contributed by atoms with van der Waals surface area (Å²) in [5, 5.41) is 52.7. The summed E-state index contributed by atoms with van der Waals surface area (Å²) in [7, 11) is 0. The molecular formula is C70H113N29O3. The highest BCUT2D eigenvalue weighted by Gasteiger charge is 2.23. The lowest BCUT2D eigenvalue weighted by Gasteiger charge is -2.30. The van der Waals surface area contributed by atoms with E-state index in [0.29, 0.717) is 72.8 Å². The first-order valence-corrected chi connectivity index (χ1v) is 35.2. The first-order valence-electron chi connectivity index (χ1n) is 35.2. The molecule has 556 valence electrons. The molecular weight excluding hydrogens is 1290 g/mol. The number of fused-ring (bicyclic) bond motifs is 5. The molecule has 32 nitrogen and oxygen atoms in total. The highest BCUT2D eigenvalue weighted by molar-refractivity contribution is 5.58. The van der Waals surface area contributed by atoms with Gasteiger partial charge in [-0.15, -0.1) is 0 Å². The highest BCUT2D eigenvalue weighted by Crippen LogP contribution is 2.27. The van der Waals surface area contributed by atoms with E-state index < -0.39 is 0 Å². The monoisotopic (exact) mass is 1410 g/mol. The van der Waals surface area contributed by atoms with Crippen LogP contribution in [-0.2, 0) is 6.42 Å². The van der Waals surface area contributed by atoms with Crippen LogP contribution in [-0.4, -0.2) is 223 Å². The van der Waals surface area contributed by atoms with E-state index in [1.807, 2.05) is 49.9 Å². The zero-order chi connectivity index (χ0) is 69.7. The van der Waals surface area contributed by atoms with Crippen LogP contribution in [0.15, 0.2) is 86.2 Å². The van der Waals surface area contributed by atoms with Crippen LogP contribution in [0.5, 0.6) is 0 Å². The maximum atomic E-state index is 9.55. The van der Waals surface area contributed by atoms with Crippen LogP contribution in [0, 0.1) is 13.8 Å². The standard InChI is InChI=1S/C18H25N7O.C18H30N6O.C17H28N6O.C8H11N5.C6H7N5.3CH4/c1-3-23(4-2)17-21-16-19-14-20-25(16)18(22-17)24(12-13-26)11-10-15-8-6-5-7-9-15;1-2-3-4-6-11-23(12-13-25)17-14-16(22-9-7-5-8-10-22)21-18-19-15-20-24(17)18;1-2-3-5-10-22(11-12-24)16-13-15(21-8-6-4-7-9-21)20-17-18-14-19-23(16)17;1-3-9-7-4-6(2)12-8-10-5-11-13(7)8;1-4-2-5(7)11-6(10-4)8-3-9-11;;;/h5-9,14,26H,3-4,10-13H2,1-2H3;14-15,25H,2-13H2,1H3;13-14,24H,2-12H2,1H3;4-5,9H,3H2,1-2H3;2-3H,7H2,1H3;3*1H4. The number of benzene rings is 1. The molecule has 2 saturated heterocycles. The molecule has 32 heteroatoms. The molecule has 1 aromatic carbocycles. The molecule has 0 aliphatic carbocycles. The summed E-state index contributed by atoms with van der Waals surface area (Å²) in [5.74, 6) is 9.64. The Bertz CT molecular complexity index is 4120. The van der Waals surface area contributed by atoms with Crippen molar-refractivity contribution in [3.05, 3.63) is 103 Å². The number of hydrogen-bond donors (Lipinski definition) is 5. The summed E-state index contributed by atoms with van der Waals surface area (Å²) in [6.45, 7) is 25.6. The van der Waals surface area contributed by atoms with E-state index in [1.165, 1.54) is 99.7 Å². The number of aromatic nitrogens is 21. The first-order chi connectivity index (χ1) is 48.5. The Morgan fingerprint density at radius 1 is 0.441 bits per heavy atom. The third-order valence-corrected chi connectivity index (χ3v) is 17.0. The number of nitrogen functional groups attached to an aromatic ring is 1. The van der Waals surface area contributed by atoms with Crippen LogP contribution in [0.25, 0.3) is 28.9 Å². The largest absolute Gasteiger partial charge is 0.395 e. The SMILES string of the molecule is C.C.C.CCCCCCN(CCO)c1cc(N2CCCCC2)nc2ncnn12.CCCCCN(CCO)c1cc(N2CCCCC2)nc2ncnn12.CCN(CC)c1nc(N(CCO)CCc2ccccc2)n2ncnc2n1.CCNc1cc(C)nc2ncnn12.Cc1cc(N)n2ncnc2n1. The molecule has 0 unspecified atom stereocenters. The number of aryl methyl sites for hydroxylation is 2. The van der Waals surface area contributed by atoms with Gasteiger partial charge in [0.15, 0.2) is 0 Å². The van der Waals surface area contributed by atoms with Crippen LogP contribution < -0.4 is 40.4 Å². The van der Waals surface area contributed by atoms with Gasteiger partial charge in [0.1, 0.15) is 66.5 Å². The molecule has 0 amide bonds. The van der Waals surface area contributed by atoms with Crippen molar-refractivity contribution in [1.29, 1.82) is 0 Å². The third-order valence-electron chi connectivity index (χ3n) is 17.0. The predicted molar refractivity (Wildman–Crippen MR) is 407 cm³/mol. The number of nitrogens with one attached hydrogen (secondary N) is 1. The van der Waals surface area contributed by atoms with E-state index in [0.717, 1.165) is 119 Å². The minimum atomic E-state index is 0. The van der Waals surface area contributed by atoms with Crippen molar-refractivity contribution in [3.63, 3.8) is 0 Å². The summed E-state index contributed by atoms with van der Waals surface area (Å²) < 4.78 is 8.40. The minimum Gasteiger partial charge on any atom is -0.395 e. The second-order valence-corrected chi connectivity index (χ2v) is 24.2. The summed E-state index contributed by atoms with van der Waals surface area (Å²) in [4.78, 5) is 60.9. The van der Waals surface area contributed by atoms with Gasteiger partial charge in [-0.1, -0.05) is 98.6 Å². The van der Waals surface area contributed by atoms with Gasteiger partial charge in [0, 0.05) is 121 Å². The fourth-order valence-electron chi connectivity index (χ4n) is 11.9. The number of aliphatic hydroxyl groups excluding tert-OH is 3. The summed E-state index contributed by atoms with van der Waals surface area (Å²) >= 11 is 0. The van der Waals surface area contributed by atoms with E-state index in [1.54, 1.807) is 36.8 Å². The molecule has 102 heavy (non-hydrogen) atoms. The average Bonchev–Trinajstić information content (AvgIpc) is 1.41. The third kappa shape index (κ3) is 22.1. The Morgan fingerprint density at radius 2 is 0.882 bits per heavy atom. The lowest BCUT2D eigenvalue weighted by Crippen LogP contribution is -2.33. The van der Waals surface area contributed by atoms with E-state index in [2.05, 4.69) is 152 Å². The summed E-state index contributed by atoms with van der Waals surface area (Å²) in [5.41, 5.74) is 8.65. The fourth-order valence-corrected chi connectivity index (χ4v) is 11.9. The van der Waals surface area contributed by atoms with Gasteiger partial charge in [-0.3, -0.25) is 0 Å². The van der Waals surface area contributed by atoms with Crippen LogP contribution in [0.3, 0.4) is 0 Å². The van der Waals surface area contributed by atoms with Crippen molar-refractivity contribution < 1.29 is 15.3 Å². The van der Waals surface area contributed by atoms with Crippen LogP contribution in [0.4, 0.5) is 46.8 Å². The van der Waals surface area contributed by atoms with Gasteiger partial charge in [0.05, 0.1) is 19.8 Å². The fraction of sp³-hybridized carbons (Fsp3) is 0.571. The van der Waals surface area contributed by atoms with Crippen molar-refractivity contribution in [3.8, 4) is 0 Å². The lowest BCUT2D eigenvalue weighted by molar-refractivity contribution is 0.300. The molecule has 2 aliphatic heterocycles. The highest BCUT2D eigenvalue weighted by atomic mass is 16.3. The van der Waals surface area contributed by atoms with E-state index >= 15 is 0 Å². The topological polar surface area (TPSA) is 346 Å². The maximum absolute atomic E-state index is 9.55. The average molecular weight is 1410 g/mol. The molecule has 0 bridgehead atoms. The number of rotatable bonds is 28. The number of nitrogens with zero attached hydrogens (tertiary/aromatic N) is 27. The number of nitrogens with two attached hydrogens (primary N) is 1. The Hall–Kier alpha value is -9.82. The number of hydrogen-bond acceptors (Lipinski definition) is 27. The van der Waals surface area contributed by atoms with Crippen molar-refractivity contribution in [1.82, 2.24) is 103 Å². The maximum Gasteiger partial charge on any atom is 0.258 e. The van der Waals surface area contributed by atoms with E-state index in [4.69, 9.17) is 15.7 Å². The van der Waals surface area contributed by atoms with Gasteiger partial charge in [0.25, 0.3) is 28.9 Å². The number of aliphatic hydroxyl groups is 3. The lowest BCUT2D eigenvalue weighted by atomic mass is 10.1. The van der Waals surface area contributed by atoms with Gasteiger partial charge in [-0.05, 0) is 98.0 Å². The van der Waals surface area contributed by atoms with Crippen molar-refractivity contribution in [2.24, 2.45) is 0 Å². The second-order valence-electron chi connectivity index (χ2n) is 24.2. The molecule has 11 aromatic rings. The number of anilines is 8. The number of piperidine rings is 2. The second kappa shape index (κ2) is 42.4. The molecule has 2 aliphatic rings. The van der Waals surface area contributed by atoms with Crippen LogP contribution >= 0.6 is 0 Å². The normalized spacial score (nSPS) is 12.6. The van der Waals surface area contributed by atoms with Crippen molar-refractivity contribution in [2.75, 3.05) is 145 Å². The molecule has 0 saturated carbocycles. The molecule has 0 radical (unpaired) electrons. The van der Waals surface area contributed by atoms with Crippen molar-refractivity contribution >= 4 is 75.7 Å². The Balaban J connectivity index is 0.000000205. The van der Waals surface area contributed by atoms with Gasteiger partial charge < -0.3 is 55.8 Å². The zero-order valence-corrected chi connectivity index (χ0v) is 58.8. The zero-order valence-electron chi connectivity index (χ0n) is 58.8. The first kappa shape index (κ1) is 81.1. The van der Waals surface area contributed by atoms with Crippen LogP contribution in [0.1, 0.15) is 157 Å². The number of unbranched alkanes of at least 4 members (excludes halogenated alkanes) is 5. The van der Waals surface area contributed by atoms with Gasteiger partial charge in [0.2, 0.25) is 11.9 Å². The minimum absolute atomic E-state index is 0. The molecule has 2 fully saturated rings. The summed E-state index contributed by atoms with van der Waals surface area (Å²) in [6.07, 6.45) is 24.1. The van der Waals surface area contributed by atoms with E-state index in [9.17, 15) is 15.3 Å². The Kier molecular flexibility index (Phi) is 33.8. The van der Waals surface area contributed by atoms with Crippen LogP contribution in [0.2, 0.25) is 0 Å². The molecule has 12 heterocycles. The molecule has 6 N–H and O–H groups in total. The van der Waals surface area contributed by atoms with Gasteiger partial charge in [-0.2, -0.15) is 92.9 Å². The molecule has 13 rings (SSSR count). The quantitative estimate of drug-likeness (QED) is 0.0286. The summed E-state index contributed by atoms with van der Waals surface area (Å²) in [6, 6.07) is 18.2. The molecule has 0 spiro atoms. The predicted octanol–water partition coefficient (Wildman–Crippen LogP) is 8.79. The van der Waals surface area contributed by atoms with Gasteiger partial charge >= 0.3 is 0 Å². The van der Waals surface area contributed by atoms with Crippen molar-refractivity contribution in [2.45, 2.75) is 161 Å². The Labute approximate surface area is 600 Å². The smallest absolute Gasteiger partial charge is 0.258 e. The molecule has 10 aromatic heterocycles. The van der Waals surface area contributed by atoms with Gasteiger partial charge in [-0.25, -0.2) is 9.97 Å². The Morgan fingerprint density at radius 3 is 1.38 bits per heavy atom.